The summed E-state index contributed by atoms with van der Waals surface area (Å²) < 4.78 is 16.1. The van der Waals surface area contributed by atoms with Gasteiger partial charge in [0.25, 0.3) is 5.91 Å². The highest BCUT2D eigenvalue weighted by atomic mass is 16.7. The topological polar surface area (TPSA) is 103 Å². The minimum Gasteiger partial charge on any atom is -0.484 e. The monoisotopic (exact) mass is 396 g/mol. The summed E-state index contributed by atoms with van der Waals surface area (Å²) in [5.41, 5.74) is 1.28. The van der Waals surface area contributed by atoms with Crippen LogP contribution < -0.4 is 24.8 Å². The third-order valence-electron chi connectivity index (χ3n) is 4.59. The largest absolute Gasteiger partial charge is 0.484 e. The number of ketones is 1. The van der Waals surface area contributed by atoms with Gasteiger partial charge in [-0.25, -0.2) is 0 Å². The summed E-state index contributed by atoms with van der Waals surface area (Å²) in [5.74, 6) is 0.838. The fraction of sp³-hybridized carbons (Fsp3) is 0.286. The summed E-state index contributed by atoms with van der Waals surface area (Å²) in [6.07, 6.45) is 1.84. The Labute approximate surface area is 167 Å². The van der Waals surface area contributed by atoms with Gasteiger partial charge in [0.1, 0.15) is 5.75 Å². The number of hydrogen-bond acceptors (Lipinski definition) is 6. The standard InChI is InChI=1S/C21H20N2O6/c1-12(24)16-8-18-19(29-11-28-18)9-17(16)23-20(25)10-27-15-4-2-3-14(7-15)22-21(26)13-5-6-13/h2-4,7-9,13H,5-6,10-11H2,1H3,(H,22,26)(H,23,25). The fourth-order valence-corrected chi connectivity index (χ4v) is 2.93. The van der Waals surface area contributed by atoms with Crippen LogP contribution in [0.1, 0.15) is 30.1 Å². The first-order valence-corrected chi connectivity index (χ1v) is 9.28. The maximum Gasteiger partial charge on any atom is 0.262 e. The highest BCUT2D eigenvalue weighted by Crippen LogP contribution is 2.37. The predicted octanol–water partition coefficient (Wildman–Crippen LogP) is 2.98. The van der Waals surface area contributed by atoms with Crippen LogP contribution in [0.25, 0.3) is 0 Å². The first kappa shape index (κ1) is 18.8. The average molecular weight is 396 g/mol. The molecule has 1 heterocycles. The van der Waals surface area contributed by atoms with E-state index in [4.69, 9.17) is 14.2 Å². The lowest BCUT2D eigenvalue weighted by atomic mass is 10.1. The number of fused-ring (bicyclic) bond motifs is 1. The zero-order chi connectivity index (χ0) is 20.4. The zero-order valence-electron chi connectivity index (χ0n) is 15.8. The lowest BCUT2D eigenvalue weighted by Crippen LogP contribution is -2.21. The summed E-state index contributed by atoms with van der Waals surface area (Å²) in [7, 11) is 0. The second-order valence-corrected chi connectivity index (χ2v) is 6.94. The molecule has 0 atom stereocenters. The van der Waals surface area contributed by atoms with Crippen molar-refractivity contribution in [1.29, 1.82) is 0 Å². The van der Waals surface area contributed by atoms with Gasteiger partial charge in [0.2, 0.25) is 12.7 Å². The maximum absolute atomic E-state index is 12.3. The molecule has 0 aromatic heterocycles. The molecule has 0 spiro atoms. The number of nitrogens with one attached hydrogen (secondary N) is 2. The molecule has 1 fully saturated rings. The van der Waals surface area contributed by atoms with E-state index in [0.29, 0.717) is 34.2 Å². The third kappa shape index (κ3) is 4.48. The van der Waals surface area contributed by atoms with Crippen molar-refractivity contribution in [3.05, 3.63) is 42.0 Å². The van der Waals surface area contributed by atoms with Gasteiger partial charge >= 0.3 is 0 Å². The highest BCUT2D eigenvalue weighted by Gasteiger charge is 2.29. The van der Waals surface area contributed by atoms with Crippen molar-refractivity contribution in [2.75, 3.05) is 24.0 Å². The van der Waals surface area contributed by atoms with E-state index in [9.17, 15) is 14.4 Å². The van der Waals surface area contributed by atoms with Crippen LogP contribution in [0.4, 0.5) is 11.4 Å². The van der Waals surface area contributed by atoms with Crippen LogP contribution in [0.3, 0.4) is 0 Å². The molecule has 2 aliphatic rings. The Morgan fingerprint density at radius 1 is 1.07 bits per heavy atom. The lowest BCUT2D eigenvalue weighted by molar-refractivity contribution is -0.118. The molecule has 8 nitrogen and oxygen atoms in total. The molecule has 8 heteroatoms. The minimum atomic E-state index is -0.432. The van der Waals surface area contributed by atoms with E-state index in [1.165, 1.54) is 6.92 Å². The van der Waals surface area contributed by atoms with Gasteiger partial charge in [-0.1, -0.05) is 6.07 Å². The fourth-order valence-electron chi connectivity index (χ4n) is 2.93. The molecular weight excluding hydrogens is 376 g/mol. The summed E-state index contributed by atoms with van der Waals surface area (Å²) >= 11 is 0. The molecule has 150 valence electrons. The highest BCUT2D eigenvalue weighted by molar-refractivity contribution is 6.05. The molecule has 2 aromatic rings. The average Bonchev–Trinajstić information content (AvgIpc) is 3.45. The van der Waals surface area contributed by atoms with E-state index in [0.717, 1.165) is 12.8 Å². The van der Waals surface area contributed by atoms with Crippen molar-refractivity contribution in [3.8, 4) is 17.2 Å². The molecule has 4 rings (SSSR count). The van der Waals surface area contributed by atoms with Gasteiger partial charge in [0.15, 0.2) is 23.9 Å². The number of amides is 2. The number of anilines is 2. The molecule has 1 aliphatic carbocycles. The SMILES string of the molecule is CC(=O)c1cc2c(cc1NC(=O)COc1cccc(NC(=O)C3CC3)c1)OCO2. The Hall–Kier alpha value is -3.55. The Morgan fingerprint density at radius 3 is 2.55 bits per heavy atom. The van der Waals surface area contributed by atoms with Gasteiger partial charge in [-0.15, -0.1) is 0 Å². The molecule has 0 bridgehead atoms. The van der Waals surface area contributed by atoms with Gasteiger partial charge in [0, 0.05) is 29.3 Å². The van der Waals surface area contributed by atoms with E-state index in [1.54, 1.807) is 36.4 Å². The van der Waals surface area contributed by atoms with Crippen molar-refractivity contribution < 1.29 is 28.6 Å². The number of rotatable bonds is 7. The summed E-state index contributed by atoms with van der Waals surface area (Å²) in [6.45, 7) is 1.22. The number of hydrogen-bond donors (Lipinski definition) is 2. The number of benzene rings is 2. The van der Waals surface area contributed by atoms with E-state index in [1.807, 2.05) is 0 Å². The van der Waals surface area contributed by atoms with Gasteiger partial charge in [-0.2, -0.15) is 0 Å². The first-order chi connectivity index (χ1) is 14.0. The minimum absolute atomic E-state index is 0.000497. The summed E-state index contributed by atoms with van der Waals surface area (Å²) in [5, 5.41) is 5.50. The van der Waals surface area contributed by atoms with Crippen LogP contribution in [0, 0.1) is 5.92 Å². The van der Waals surface area contributed by atoms with Crippen LogP contribution in [-0.2, 0) is 9.59 Å². The second-order valence-electron chi connectivity index (χ2n) is 6.94. The maximum atomic E-state index is 12.3. The molecule has 29 heavy (non-hydrogen) atoms. The van der Waals surface area contributed by atoms with E-state index >= 15 is 0 Å². The number of carbonyl (C=O) groups is 3. The number of Topliss-reactive ketones (excluding diaryl/α,β-unsaturated/α-hetero) is 1. The van der Waals surface area contributed by atoms with Crippen LogP contribution in [0.15, 0.2) is 36.4 Å². The normalized spacial score (nSPS) is 14.2. The van der Waals surface area contributed by atoms with Gasteiger partial charge in [-0.3, -0.25) is 14.4 Å². The van der Waals surface area contributed by atoms with Crippen molar-refractivity contribution in [1.82, 2.24) is 0 Å². The van der Waals surface area contributed by atoms with Crippen LogP contribution in [0.5, 0.6) is 17.2 Å². The molecular formula is C21H20N2O6. The lowest BCUT2D eigenvalue weighted by Gasteiger charge is -2.12. The third-order valence-corrected chi connectivity index (χ3v) is 4.59. The molecule has 0 radical (unpaired) electrons. The van der Waals surface area contributed by atoms with Crippen LogP contribution >= 0.6 is 0 Å². The van der Waals surface area contributed by atoms with Crippen molar-refractivity contribution in [3.63, 3.8) is 0 Å². The molecule has 0 unspecified atom stereocenters. The molecule has 1 saturated carbocycles. The van der Waals surface area contributed by atoms with E-state index < -0.39 is 5.91 Å². The van der Waals surface area contributed by atoms with Gasteiger partial charge < -0.3 is 24.8 Å². The zero-order valence-corrected chi connectivity index (χ0v) is 15.8. The molecule has 0 saturated heterocycles. The molecule has 2 N–H and O–H groups in total. The predicted molar refractivity (Wildman–Crippen MR) is 104 cm³/mol. The Bertz CT molecular complexity index is 983. The van der Waals surface area contributed by atoms with Gasteiger partial charge in [-0.05, 0) is 38.0 Å². The summed E-state index contributed by atoms with van der Waals surface area (Å²) in [4.78, 5) is 36.1. The Morgan fingerprint density at radius 2 is 1.83 bits per heavy atom. The van der Waals surface area contributed by atoms with E-state index in [-0.39, 0.29) is 31.0 Å². The van der Waals surface area contributed by atoms with Crippen LogP contribution in [0.2, 0.25) is 0 Å². The van der Waals surface area contributed by atoms with Crippen molar-refractivity contribution in [2.24, 2.45) is 5.92 Å². The molecule has 2 aromatic carbocycles. The summed E-state index contributed by atoms with van der Waals surface area (Å²) in [6, 6.07) is 9.97. The first-order valence-electron chi connectivity index (χ1n) is 9.28. The Balaban J connectivity index is 1.38. The molecule has 1 aliphatic heterocycles. The second kappa shape index (κ2) is 7.83. The number of carbonyl (C=O) groups excluding carboxylic acids is 3. The smallest absolute Gasteiger partial charge is 0.262 e. The van der Waals surface area contributed by atoms with E-state index in [2.05, 4.69) is 10.6 Å². The quantitative estimate of drug-likeness (QED) is 0.698. The van der Waals surface area contributed by atoms with Crippen molar-refractivity contribution in [2.45, 2.75) is 19.8 Å². The number of ether oxygens (including phenoxy) is 3. The van der Waals surface area contributed by atoms with Gasteiger partial charge in [0.05, 0.1) is 5.69 Å². The van der Waals surface area contributed by atoms with Crippen LogP contribution in [-0.4, -0.2) is 31.0 Å². The Kier molecular flexibility index (Phi) is 5.07. The molecule has 2 amide bonds. The van der Waals surface area contributed by atoms with Crippen molar-refractivity contribution >= 4 is 29.0 Å².